The standard InChI is InChI=1S/C22H22F3N3O2.C14H15F2NO.C7H9FN2/c23-14-8-15-16(18(25)9-14)10-22(11-20(15)29)3-5-28(6-4-22)21(30)27-12-13-1-2-17(24)19(26)7-13;15-9-5-10-11(12(16)6-9)7-14(8-13(10)18)1-3-17-4-2-14;8-6-2-1-5(4-9)3-7(6)10/h1-2,7-9H,3-6,10-12,26H2,(H,27,30);5-6,17H,1-4,7-8H2;1-3H,4,9-10H2. The minimum atomic E-state index is -0.745. The molecule has 2 fully saturated rings. The van der Waals surface area contributed by atoms with Crippen LogP contribution >= 0.6 is 0 Å². The molecule has 8 N–H and O–H groups in total. The molecule has 0 atom stereocenters. The Morgan fingerprint density at radius 3 is 1.59 bits per heavy atom. The maximum absolute atomic E-state index is 14.3. The number of likely N-dealkylation sites (tertiary alicyclic amines) is 1. The summed E-state index contributed by atoms with van der Waals surface area (Å²) in [5.41, 5.74) is 18.4. The first-order valence-electron chi connectivity index (χ1n) is 19.1. The van der Waals surface area contributed by atoms with Crippen molar-refractivity contribution in [2.75, 3.05) is 37.6 Å². The Morgan fingerprint density at radius 2 is 1.10 bits per heavy atom. The highest BCUT2D eigenvalue weighted by Gasteiger charge is 2.43. The van der Waals surface area contributed by atoms with Crippen molar-refractivity contribution in [1.29, 1.82) is 0 Å². The molecular weight excluding hydrogens is 762 g/mol. The van der Waals surface area contributed by atoms with E-state index in [0.29, 0.717) is 62.9 Å². The Bertz CT molecular complexity index is 2200. The normalized spacial score (nSPS) is 17.7. The molecule has 308 valence electrons. The van der Waals surface area contributed by atoms with Gasteiger partial charge in [0.2, 0.25) is 0 Å². The van der Waals surface area contributed by atoms with Crippen molar-refractivity contribution in [3.05, 3.63) is 129 Å². The number of halogens is 6. The van der Waals surface area contributed by atoms with E-state index in [1.165, 1.54) is 30.3 Å². The minimum Gasteiger partial charge on any atom is -0.396 e. The monoisotopic (exact) mass is 808 g/mol. The smallest absolute Gasteiger partial charge is 0.317 e. The first-order chi connectivity index (χ1) is 27.6. The Labute approximate surface area is 332 Å². The molecule has 15 heteroatoms. The van der Waals surface area contributed by atoms with Gasteiger partial charge in [0, 0.05) is 62.3 Å². The van der Waals surface area contributed by atoms with Gasteiger partial charge < -0.3 is 32.7 Å². The molecule has 4 aliphatic rings. The highest BCUT2D eigenvalue weighted by molar-refractivity contribution is 5.99. The Balaban J connectivity index is 0.000000170. The number of nitrogens with two attached hydrogens (primary N) is 3. The first kappa shape index (κ1) is 42.2. The number of piperidine rings is 2. The second-order valence-electron chi connectivity index (χ2n) is 15.7. The number of Topliss-reactive ketones (excluding diaryl/α,β-unsaturated/α-hetero) is 2. The highest BCUT2D eigenvalue weighted by Crippen LogP contribution is 2.45. The van der Waals surface area contributed by atoms with Crippen LogP contribution in [0.2, 0.25) is 0 Å². The lowest BCUT2D eigenvalue weighted by Crippen LogP contribution is -2.49. The van der Waals surface area contributed by atoms with Gasteiger partial charge in [0.15, 0.2) is 11.6 Å². The number of carbonyl (C=O) groups excluding carboxylic acids is 3. The van der Waals surface area contributed by atoms with Crippen LogP contribution in [-0.4, -0.2) is 48.7 Å². The average Bonchev–Trinajstić information content (AvgIpc) is 3.18. The van der Waals surface area contributed by atoms with Gasteiger partial charge >= 0.3 is 6.03 Å². The van der Waals surface area contributed by atoms with Crippen LogP contribution in [-0.2, 0) is 25.9 Å². The van der Waals surface area contributed by atoms with Crippen molar-refractivity contribution < 1.29 is 40.7 Å². The topological polar surface area (TPSA) is 157 Å². The van der Waals surface area contributed by atoms with Crippen molar-refractivity contribution in [2.24, 2.45) is 16.6 Å². The fraction of sp³-hybridized carbons (Fsp3) is 0.372. The predicted molar refractivity (Wildman–Crippen MR) is 208 cm³/mol. The maximum atomic E-state index is 14.3. The molecule has 0 radical (unpaired) electrons. The predicted octanol–water partition coefficient (Wildman–Crippen LogP) is 7.14. The van der Waals surface area contributed by atoms with E-state index in [2.05, 4.69) is 10.6 Å². The first-order valence-corrected chi connectivity index (χ1v) is 19.1. The lowest BCUT2D eigenvalue weighted by atomic mass is 9.66. The zero-order valence-corrected chi connectivity index (χ0v) is 31.8. The second-order valence-corrected chi connectivity index (χ2v) is 15.7. The van der Waals surface area contributed by atoms with Crippen molar-refractivity contribution in [1.82, 2.24) is 15.5 Å². The molecule has 2 aliphatic carbocycles. The number of anilines is 2. The molecule has 58 heavy (non-hydrogen) atoms. The van der Waals surface area contributed by atoms with E-state index in [4.69, 9.17) is 17.2 Å². The molecule has 0 bridgehead atoms. The highest BCUT2D eigenvalue weighted by atomic mass is 19.2. The summed E-state index contributed by atoms with van der Waals surface area (Å²) in [5.74, 6) is -3.93. The molecule has 0 unspecified atom stereocenters. The van der Waals surface area contributed by atoms with E-state index in [0.717, 1.165) is 49.7 Å². The summed E-state index contributed by atoms with van der Waals surface area (Å²) < 4.78 is 80.4. The van der Waals surface area contributed by atoms with Crippen LogP contribution in [0.5, 0.6) is 0 Å². The van der Waals surface area contributed by atoms with Crippen molar-refractivity contribution >= 4 is 29.0 Å². The third kappa shape index (κ3) is 9.64. The Morgan fingerprint density at radius 1 is 0.638 bits per heavy atom. The summed E-state index contributed by atoms with van der Waals surface area (Å²) in [6.45, 7) is 3.21. The molecule has 2 aliphatic heterocycles. The number of nitrogen functional groups attached to an aromatic ring is 2. The number of urea groups is 1. The van der Waals surface area contributed by atoms with Crippen LogP contribution < -0.4 is 27.8 Å². The lowest BCUT2D eigenvalue weighted by Gasteiger charge is -2.44. The number of benzene rings is 4. The average molecular weight is 809 g/mol. The van der Waals surface area contributed by atoms with Gasteiger partial charge in [-0.2, -0.15) is 0 Å². The zero-order chi connectivity index (χ0) is 41.8. The third-order valence-electron chi connectivity index (χ3n) is 11.7. The van der Waals surface area contributed by atoms with Crippen molar-refractivity contribution in [3.63, 3.8) is 0 Å². The number of nitrogens with zero attached hydrogens (tertiary/aromatic N) is 1. The van der Waals surface area contributed by atoms with Gasteiger partial charge in [0.1, 0.15) is 34.9 Å². The number of amides is 2. The minimum absolute atomic E-state index is 0.0241. The van der Waals surface area contributed by atoms with Crippen LogP contribution in [0, 0.1) is 45.7 Å². The molecule has 2 spiro atoms. The van der Waals surface area contributed by atoms with E-state index in [-0.39, 0.29) is 64.0 Å². The van der Waals surface area contributed by atoms with Crippen LogP contribution in [0.1, 0.15) is 81.5 Å². The number of hydrogen-bond acceptors (Lipinski definition) is 7. The third-order valence-corrected chi connectivity index (χ3v) is 11.7. The van der Waals surface area contributed by atoms with Crippen LogP contribution in [0.25, 0.3) is 0 Å². The van der Waals surface area contributed by atoms with E-state index in [1.807, 2.05) is 0 Å². The number of fused-ring (bicyclic) bond motifs is 2. The maximum Gasteiger partial charge on any atom is 0.317 e. The Kier molecular flexibility index (Phi) is 12.8. The summed E-state index contributed by atoms with van der Waals surface area (Å²) in [4.78, 5) is 38.8. The molecule has 0 saturated carbocycles. The second kappa shape index (κ2) is 17.6. The molecule has 9 nitrogen and oxygen atoms in total. The molecular formula is C43H46F6N6O3. The SMILES string of the molecule is NCc1ccc(F)c(N)c1.Nc1cc(CNC(=O)N2CCC3(CC2)CC(=O)c2cc(F)cc(F)c2C3)ccc1F.O=C1CC2(CCNCC2)Cc2c(F)cc(F)cc21. The summed E-state index contributed by atoms with van der Waals surface area (Å²) in [6.07, 6.45) is 4.46. The lowest BCUT2D eigenvalue weighted by molar-refractivity contribution is 0.0728. The van der Waals surface area contributed by atoms with Gasteiger partial charge in [-0.05, 0) is 121 Å². The summed E-state index contributed by atoms with van der Waals surface area (Å²) in [6, 6.07) is 12.5. The van der Waals surface area contributed by atoms with Gasteiger partial charge in [-0.3, -0.25) is 9.59 Å². The number of ketones is 2. The van der Waals surface area contributed by atoms with Gasteiger partial charge in [0.05, 0.1) is 11.4 Å². The van der Waals surface area contributed by atoms with Crippen LogP contribution in [0.3, 0.4) is 0 Å². The van der Waals surface area contributed by atoms with Crippen molar-refractivity contribution in [3.8, 4) is 0 Å². The molecule has 2 heterocycles. The zero-order valence-electron chi connectivity index (χ0n) is 31.8. The number of rotatable bonds is 3. The summed E-state index contributed by atoms with van der Waals surface area (Å²) >= 11 is 0. The van der Waals surface area contributed by atoms with Crippen molar-refractivity contribution in [2.45, 2.75) is 64.5 Å². The summed E-state index contributed by atoms with van der Waals surface area (Å²) in [7, 11) is 0. The van der Waals surface area contributed by atoms with Gasteiger partial charge in [0.25, 0.3) is 0 Å². The quantitative estimate of drug-likeness (QED) is 0.109. The van der Waals surface area contributed by atoms with Crippen LogP contribution in [0.4, 0.5) is 42.5 Å². The fourth-order valence-electron chi connectivity index (χ4n) is 8.37. The fourth-order valence-corrected chi connectivity index (χ4v) is 8.37. The molecule has 4 aromatic carbocycles. The van der Waals surface area contributed by atoms with Gasteiger partial charge in [-0.1, -0.05) is 12.1 Å². The molecule has 2 amide bonds. The number of carbonyl (C=O) groups is 3. The van der Waals surface area contributed by atoms with E-state index >= 15 is 0 Å². The number of hydrogen-bond donors (Lipinski definition) is 5. The molecule has 2 saturated heterocycles. The Hall–Kier alpha value is -5.41. The van der Waals surface area contributed by atoms with Gasteiger partial charge in [-0.25, -0.2) is 31.1 Å². The molecule has 0 aromatic heterocycles. The number of nitrogens with one attached hydrogen (secondary N) is 2. The molecule has 4 aromatic rings. The van der Waals surface area contributed by atoms with Gasteiger partial charge in [-0.15, -0.1) is 0 Å². The molecule has 8 rings (SSSR count). The van der Waals surface area contributed by atoms with Crippen LogP contribution in [0.15, 0.2) is 60.7 Å². The van der Waals surface area contributed by atoms with E-state index in [9.17, 15) is 40.7 Å². The largest absolute Gasteiger partial charge is 0.396 e. The van der Waals surface area contributed by atoms with E-state index in [1.54, 1.807) is 17.0 Å². The summed E-state index contributed by atoms with van der Waals surface area (Å²) in [5, 5.41) is 6.04. The van der Waals surface area contributed by atoms with E-state index < -0.39 is 40.3 Å².